The molecule has 1 saturated carbocycles. The standard InChI is InChI=1S/C20H26N4O.HI/c1-2-21-19(24-12-11-20(15-24)9-6-10-20)22-14-17-13-18(25-23-17)16-7-4-3-5-8-16;/h3-5,7-8,13H,2,6,9-12,14-15H2,1H3,(H,21,22);1H. The van der Waals surface area contributed by atoms with E-state index in [9.17, 15) is 0 Å². The zero-order valence-corrected chi connectivity index (χ0v) is 17.6. The minimum absolute atomic E-state index is 0. The second kappa shape index (κ2) is 8.41. The Hall–Kier alpha value is -1.57. The molecule has 26 heavy (non-hydrogen) atoms. The first-order chi connectivity index (χ1) is 12.3. The number of nitrogens with one attached hydrogen (secondary N) is 1. The van der Waals surface area contributed by atoms with Crippen molar-refractivity contribution in [1.82, 2.24) is 15.4 Å². The number of hydrogen-bond donors (Lipinski definition) is 1. The lowest BCUT2D eigenvalue weighted by atomic mass is 9.68. The Morgan fingerprint density at radius 3 is 2.73 bits per heavy atom. The molecule has 1 aromatic heterocycles. The summed E-state index contributed by atoms with van der Waals surface area (Å²) in [6, 6.07) is 12.0. The number of aromatic nitrogens is 1. The topological polar surface area (TPSA) is 53.7 Å². The zero-order chi connectivity index (χ0) is 17.1. The van der Waals surface area contributed by atoms with E-state index in [4.69, 9.17) is 9.52 Å². The third-order valence-electron chi connectivity index (χ3n) is 5.50. The van der Waals surface area contributed by atoms with Crippen molar-refractivity contribution in [2.75, 3.05) is 19.6 Å². The first-order valence-electron chi connectivity index (χ1n) is 9.32. The summed E-state index contributed by atoms with van der Waals surface area (Å²) in [5.41, 5.74) is 2.49. The maximum absolute atomic E-state index is 5.47. The highest BCUT2D eigenvalue weighted by atomic mass is 127. The van der Waals surface area contributed by atoms with E-state index in [-0.39, 0.29) is 24.0 Å². The molecular weight excluding hydrogens is 439 g/mol. The molecule has 1 aromatic carbocycles. The molecule has 4 rings (SSSR count). The van der Waals surface area contributed by atoms with Crippen molar-refractivity contribution >= 4 is 29.9 Å². The molecule has 1 aliphatic carbocycles. The van der Waals surface area contributed by atoms with Crippen molar-refractivity contribution in [3.05, 3.63) is 42.1 Å². The zero-order valence-electron chi connectivity index (χ0n) is 15.3. The van der Waals surface area contributed by atoms with Gasteiger partial charge in [0, 0.05) is 31.3 Å². The molecule has 0 atom stereocenters. The van der Waals surface area contributed by atoms with Gasteiger partial charge in [0.15, 0.2) is 11.7 Å². The molecule has 2 heterocycles. The van der Waals surface area contributed by atoms with Gasteiger partial charge in [-0.05, 0) is 31.6 Å². The normalized spacial score (nSPS) is 18.5. The van der Waals surface area contributed by atoms with Crippen LogP contribution in [0.5, 0.6) is 0 Å². The largest absolute Gasteiger partial charge is 0.357 e. The predicted octanol–water partition coefficient (Wildman–Crippen LogP) is 4.30. The summed E-state index contributed by atoms with van der Waals surface area (Å²) < 4.78 is 5.47. The number of halogens is 1. The van der Waals surface area contributed by atoms with Crippen molar-refractivity contribution in [2.24, 2.45) is 10.4 Å². The lowest BCUT2D eigenvalue weighted by Crippen LogP contribution is -2.42. The summed E-state index contributed by atoms with van der Waals surface area (Å²) in [5, 5.41) is 7.62. The second-order valence-electron chi connectivity index (χ2n) is 7.24. The Kier molecular flexibility index (Phi) is 6.21. The number of rotatable bonds is 4. The van der Waals surface area contributed by atoms with Crippen LogP contribution in [0, 0.1) is 5.41 Å². The van der Waals surface area contributed by atoms with Crippen LogP contribution < -0.4 is 5.32 Å². The van der Waals surface area contributed by atoms with Gasteiger partial charge in [-0.25, -0.2) is 4.99 Å². The van der Waals surface area contributed by atoms with Gasteiger partial charge in [0.1, 0.15) is 5.69 Å². The van der Waals surface area contributed by atoms with Crippen molar-refractivity contribution in [2.45, 2.75) is 39.2 Å². The van der Waals surface area contributed by atoms with Crippen LogP contribution >= 0.6 is 24.0 Å². The van der Waals surface area contributed by atoms with Gasteiger partial charge in [-0.1, -0.05) is 41.9 Å². The average Bonchev–Trinajstić information content (AvgIpc) is 3.26. The van der Waals surface area contributed by atoms with Gasteiger partial charge in [0.05, 0.1) is 6.54 Å². The van der Waals surface area contributed by atoms with E-state index in [0.29, 0.717) is 12.0 Å². The highest BCUT2D eigenvalue weighted by Crippen LogP contribution is 2.47. The molecule has 1 saturated heterocycles. The third kappa shape index (κ3) is 4.05. The van der Waals surface area contributed by atoms with Gasteiger partial charge < -0.3 is 14.7 Å². The van der Waals surface area contributed by atoms with Gasteiger partial charge in [0.2, 0.25) is 0 Å². The van der Waals surface area contributed by atoms with Crippen molar-refractivity contribution in [1.29, 1.82) is 0 Å². The summed E-state index contributed by atoms with van der Waals surface area (Å²) >= 11 is 0. The molecule has 0 unspecified atom stereocenters. The summed E-state index contributed by atoms with van der Waals surface area (Å²) in [6.07, 6.45) is 5.46. The van der Waals surface area contributed by atoms with Crippen LogP contribution in [-0.2, 0) is 6.54 Å². The lowest BCUT2D eigenvalue weighted by molar-refractivity contribution is 0.151. The molecule has 1 aliphatic heterocycles. The van der Waals surface area contributed by atoms with Crippen LogP contribution in [0.3, 0.4) is 0 Å². The van der Waals surface area contributed by atoms with E-state index in [1.807, 2.05) is 36.4 Å². The van der Waals surface area contributed by atoms with Crippen LogP contribution in [0.4, 0.5) is 0 Å². The first kappa shape index (κ1) is 19.2. The van der Waals surface area contributed by atoms with E-state index >= 15 is 0 Å². The maximum atomic E-state index is 5.47. The quantitative estimate of drug-likeness (QED) is 0.415. The van der Waals surface area contributed by atoms with Crippen molar-refractivity contribution in [3.63, 3.8) is 0 Å². The van der Waals surface area contributed by atoms with Gasteiger partial charge in [-0.3, -0.25) is 0 Å². The molecular formula is C20H27IN4O. The summed E-state index contributed by atoms with van der Waals surface area (Å²) in [6.45, 7) is 5.81. The fraction of sp³-hybridized carbons (Fsp3) is 0.500. The molecule has 2 aromatic rings. The minimum atomic E-state index is 0. The Morgan fingerprint density at radius 1 is 1.27 bits per heavy atom. The van der Waals surface area contributed by atoms with E-state index in [0.717, 1.165) is 42.6 Å². The molecule has 0 amide bonds. The van der Waals surface area contributed by atoms with E-state index in [1.165, 1.54) is 25.7 Å². The fourth-order valence-electron chi connectivity index (χ4n) is 3.91. The lowest BCUT2D eigenvalue weighted by Gasteiger charge is -2.38. The van der Waals surface area contributed by atoms with Crippen LogP contribution in [0.2, 0.25) is 0 Å². The van der Waals surface area contributed by atoms with E-state index in [1.54, 1.807) is 0 Å². The predicted molar refractivity (Wildman–Crippen MR) is 115 cm³/mol. The van der Waals surface area contributed by atoms with Gasteiger partial charge >= 0.3 is 0 Å². The van der Waals surface area contributed by atoms with Crippen LogP contribution in [0.1, 0.15) is 38.3 Å². The molecule has 2 aliphatic rings. The highest BCUT2D eigenvalue weighted by molar-refractivity contribution is 14.0. The SMILES string of the molecule is CCNC(=NCc1cc(-c2ccccc2)on1)N1CCC2(CCC2)C1.I. The van der Waals surface area contributed by atoms with E-state index in [2.05, 4.69) is 22.3 Å². The Balaban J connectivity index is 0.00000196. The van der Waals surface area contributed by atoms with Crippen molar-refractivity contribution < 1.29 is 4.52 Å². The fourth-order valence-corrected chi connectivity index (χ4v) is 3.91. The average molecular weight is 466 g/mol. The Bertz CT molecular complexity index is 739. The van der Waals surface area contributed by atoms with Crippen molar-refractivity contribution in [3.8, 4) is 11.3 Å². The third-order valence-corrected chi connectivity index (χ3v) is 5.50. The molecule has 5 nitrogen and oxygen atoms in total. The number of aliphatic imine (C=N–C) groups is 1. The highest BCUT2D eigenvalue weighted by Gasteiger charge is 2.43. The number of guanidine groups is 1. The van der Waals surface area contributed by atoms with E-state index < -0.39 is 0 Å². The summed E-state index contributed by atoms with van der Waals surface area (Å²) in [5.74, 6) is 1.81. The molecule has 140 valence electrons. The number of hydrogen-bond acceptors (Lipinski definition) is 3. The van der Waals surface area contributed by atoms with Crippen LogP contribution in [0.15, 0.2) is 45.9 Å². The molecule has 0 radical (unpaired) electrons. The molecule has 0 bridgehead atoms. The first-order valence-corrected chi connectivity index (χ1v) is 9.32. The smallest absolute Gasteiger partial charge is 0.194 e. The molecule has 2 fully saturated rings. The van der Waals surface area contributed by atoms with Gasteiger partial charge in [0.25, 0.3) is 0 Å². The number of likely N-dealkylation sites (tertiary alicyclic amines) is 1. The molecule has 1 spiro atoms. The number of benzene rings is 1. The monoisotopic (exact) mass is 466 g/mol. The summed E-state index contributed by atoms with van der Waals surface area (Å²) in [4.78, 5) is 7.22. The Morgan fingerprint density at radius 2 is 2.08 bits per heavy atom. The van der Waals surface area contributed by atoms with Crippen LogP contribution in [0.25, 0.3) is 11.3 Å². The van der Waals surface area contributed by atoms with Gasteiger partial charge in [-0.2, -0.15) is 0 Å². The minimum Gasteiger partial charge on any atom is -0.357 e. The second-order valence-corrected chi connectivity index (χ2v) is 7.24. The molecule has 6 heteroatoms. The van der Waals surface area contributed by atoms with Crippen LogP contribution in [-0.4, -0.2) is 35.7 Å². The Labute approximate surface area is 172 Å². The summed E-state index contributed by atoms with van der Waals surface area (Å²) in [7, 11) is 0. The molecule has 1 N–H and O–H groups in total. The number of nitrogens with zero attached hydrogens (tertiary/aromatic N) is 3. The maximum Gasteiger partial charge on any atom is 0.194 e. The van der Waals surface area contributed by atoms with Gasteiger partial charge in [-0.15, -0.1) is 24.0 Å².